The van der Waals surface area contributed by atoms with Crippen molar-refractivity contribution >= 4 is 27.5 Å². The Kier molecular flexibility index (Phi) is 5.44. The monoisotopic (exact) mass is 338 g/mol. The third-order valence-corrected chi connectivity index (χ3v) is 4.34. The highest BCUT2D eigenvalue weighted by atomic mass is 79.9. The summed E-state index contributed by atoms with van der Waals surface area (Å²) in [7, 11) is 1.73. The highest BCUT2D eigenvalue weighted by Gasteiger charge is 2.09. The lowest BCUT2D eigenvalue weighted by molar-refractivity contribution is 0.202. The van der Waals surface area contributed by atoms with Gasteiger partial charge in [-0.05, 0) is 35.2 Å². The van der Waals surface area contributed by atoms with Crippen molar-refractivity contribution in [1.29, 1.82) is 0 Å². The summed E-state index contributed by atoms with van der Waals surface area (Å²) in [6.45, 7) is 0.758. The number of alkyl halides is 1. The molecule has 0 amide bonds. The van der Waals surface area contributed by atoms with Crippen LogP contribution in [-0.4, -0.2) is 13.7 Å². The first-order valence-electron chi connectivity index (χ1n) is 6.18. The Morgan fingerprint density at radius 1 is 1.00 bits per heavy atom. The van der Waals surface area contributed by atoms with Gasteiger partial charge < -0.3 is 4.74 Å². The largest absolute Gasteiger partial charge is 0.384 e. The molecule has 0 aliphatic rings. The van der Waals surface area contributed by atoms with E-state index in [4.69, 9.17) is 16.3 Å². The first kappa shape index (κ1) is 14.6. The van der Waals surface area contributed by atoms with Gasteiger partial charge >= 0.3 is 0 Å². The summed E-state index contributed by atoms with van der Waals surface area (Å²) in [6, 6.07) is 16.5. The number of hydrogen-bond acceptors (Lipinski definition) is 1. The van der Waals surface area contributed by atoms with Crippen molar-refractivity contribution in [1.82, 2.24) is 0 Å². The summed E-state index contributed by atoms with van der Waals surface area (Å²) >= 11 is 9.63. The van der Waals surface area contributed by atoms with Crippen molar-refractivity contribution in [3.05, 3.63) is 70.2 Å². The predicted molar refractivity (Wildman–Crippen MR) is 84.2 cm³/mol. The van der Waals surface area contributed by atoms with Crippen molar-refractivity contribution < 1.29 is 4.74 Å². The van der Waals surface area contributed by atoms with Crippen molar-refractivity contribution in [2.75, 3.05) is 13.7 Å². The first-order chi connectivity index (χ1) is 9.20. The van der Waals surface area contributed by atoms with Crippen molar-refractivity contribution in [3.8, 4) is 0 Å². The minimum absolute atomic E-state index is 0.196. The maximum atomic E-state index is 5.90. The molecule has 0 radical (unpaired) electrons. The van der Waals surface area contributed by atoms with Gasteiger partial charge in [0, 0.05) is 12.1 Å². The third-order valence-electron chi connectivity index (χ3n) is 3.03. The van der Waals surface area contributed by atoms with Crippen LogP contribution in [0.25, 0.3) is 0 Å². The molecule has 2 rings (SSSR count). The number of ether oxygens (including phenoxy) is 1. The summed E-state index contributed by atoms with van der Waals surface area (Å²) < 4.78 is 5.08. The molecule has 2 aromatic carbocycles. The number of hydrogen-bond donors (Lipinski definition) is 0. The molecule has 0 spiro atoms. The zero-order valence-electron chi connectivity index (χ0n) is 10.8. The topological polar surface area (TPSA) is 9.23 Å². The molecular formula is C16H16BrClO. The van der Waals surface area contributed by atoms with Crippen LogP contribution in [0.2, 0.25) is 5.02 Å². The normalized spacial score (nSPS) is 12.4. The molecule has 100 valence electrons. The lowest BCUT2D eigenvalue weighted by Crippen LogP contribution is -1.96. The SMILES string of the molecule is COCCc1ccc(C(Br)c2ccc(Cl)cc2)cc1. The minimum Gasteiger partial charge on any atom is -0.384 e. The van der Waals surface area contributed by atoms with Gasteiger partial charge in [0.1, 0.15) is 0 Å². The Morgan fingerprint density at radius 2 is 1.53 bits per heavy atom. The number of benzene rings is 2. The Morgan fingerprint density at radius 3 is 2.05 bits per heavy atom. The molecule has 0 saturated carbocycles. The predicted octanol–water partition coefficient (Wildman–Crippen LogP) is 5.01. The van der Waals surface area contributed by atoms with Crippen LogP contribution in [0.4, 0.5) is 0 Å². The number of halogens is 2. The summed E-state index contributed by atoms with van der Waals surface area (Å²) in [5.74, 6) is 0. The van der Waals surface area contributed by atoms with Gasteiger partial charge in [0.15, 0.2) is 0 Å². The Labute approximate surface area is 127 Å². The second-order valence-corrected chi connectivity index (χ2v) is 5.75. The van der Waals surface area contributed by atoms with Crippen molar-refractivity contribution in [2.45, 2.75) is 11.2 Å². The second-order valence-electron chi connectivity index (χ2n) is 4.40. The molecule has 0 aliphatic heterocycles. The quantitative estimate of drug-likeness (QED) is 0.696. The van der Waals surface area contributed by atoms with E-state index in [1.54, 1.807) is 7.11 Å². The highest BCUT2D eigenvalue weighted by Crippen LogP contribution is 2.31. The lowest BCUT2D eigenvalue weighted by Gasteiger charge is -2.11. The van der Waals surface area contributed by atoms with Crippen LogP contribution in [0.15, 0.2) is 48.5 Å². The molecule has 0 bridgehead atoms. The molecule has 1 unspecified atom stereocenters. The molecule has 0 aromatic heterocycles. The van der Waals surface area contributed by atoms with E-state index in [1.807, 2.05) is 24.3 Å². The van der Waals surface area contributed by atoms with Crippen LogP contribution in [0.1, 0.15) is 21.5 Å². The van der Waals surface area contributed by atoms with Crippen LogP contribution in [0.5, 0.6) is 0 Å². The van der Waals surface area contributed by atoms with Gasteiger partial charge in [0.25, 0.3) is 0 Å². The first-order valence-corrected chi connectivity index (χ1v) is 7.47. The molecule has 1 atom stereocenters. The molecular weight excluding hydrogens is 324 g/mol. The molecule has 19 heavy (non-hydrogen) atoms. The summed E-state index contributed by atoms with van der Waals surface area (Å²) in [4.78, 5) is 0.196. The molecule has 2 aromatic rings. The van der Waals surface area contributed by atoms with E-state index in [-0.39, 0.29) is 4.83 Å². The summed E-state index contributed by atoms with van der Waals surface area (Å²) in [5.41, 5.74) is 3.74. The van der Waals surface area contributed by atoms with E-state index in [9.17, 15) is 0 Å². The lowest BCUT2D eigenvalue weighted by atomic mass is 10.0. The molecule has 0 heterocycles. The fourth-order valence-corrected chi connectivity index (χ4v) is 2.63. The van der Waals surface area contributed by atoms with Gasteiger partial charge in [-0.25, -0.2) is 0 Å². The van der Waals surface area contributed by atoms with Crippen LogP contribution in [-0.2, 0) is 11.2 Å². The fourth-order valence-electron chi connectivity index (χ4n) is 1.90. The van der Waals surface area contributed by atoms with Crippen molar-refractivity contribution in [2.24, 2.45) is 0 Å². The maximum absolute atomic E-state index is 5.90. The fraction of sp³-hybridized carbons (Fsp3) is 0.250. The van der Waals surface area contributed by atoms with E-state index >= 15 is 0 Å². The van der Waals surface area contributed by atoms with E-state index in [0.29, 0.717) is 0 Å². The van der Waals surface area contributed by atoms with Crippen LogP contribution in [0, 0.1) is 0 Å². The van der Waals surface area contributed by atoms with E-state index in [0.717, 1.165) is 18.1 Å². The van der Waals surface area contributed by atoms with Gasteiger partial charge in [0.05, 0.1) is 11.4 Å². The van der Waals surface area contributed by atoms with Crippen LogP contribution >= 0.6 is 27.5 Å². The number of methoxy groups -OCH3 is 1. The van der Waals surface area contributed by atoms with Gasteiger partial charge in [-0.3, -0.25) is 0 Å². The molecule has 3 heteroatoms. The average molecular weight is 340 g/mol. The maximum Gasteiger partial charge on any atom is 0.0644 e. The van der Waals surface area contributed by atoms with Gasteiger partial charge in [-0.15, -0.1) is 0 Å². The smallest absolute Gasteiger partial charge is 0.0644 e. The molecule has 0 fully saturated rings. The van der Waals surface area contributed by atoms with Crippen molar-refractivity contribution in [3.63, 3.8) is 0 Å². The van der Waals surface area contributed by atoms with Gasteiger partial charge in [-0.2, -0.15) is 0 Å². The summed E-state index contributed by atoms with van der Waals surface area (Å²) in [6.07, 6.45) is 0.949. The molecule has 0 saturated heterocycles. The standard InChI is InChI=1S/C16H16BrClO/c1-19-11-10-12-2-4-13(5-3-12)16(17)14-6-8-15(18)9-7-14/h2-9,16H,10-11H2,1H3. The average Bonchev–Trinajstić information content (AvgIpc) is 2.46. The van der Waals surface area contributed by atoms with E-state index < -0.39 is 0 Å². The van der Waals surface area contributed by atoms with E-state index in [2.05, 4.69) is 40.2 Å². The second kappa shape index (κ2) is 7.09. The summed E-state index contributed by atoms with van der Waals surface area (Å²) in [5, 5.41) is 0.762. The minimum atomic E-state index is 0.196. The Balaban J connectivity index is 2.10. The number of rotatable bonds is 5. The zero-order chi connectivity index (χ0) is 13.7. The van der Waals surface area contributed by atoms with Crippen LogP contribution < -0.4 is 0 Å². The Bertz CT molecular complexity index is 507. The third kappa shape index (κ3) is 4.07. The van der Waals surface area contributed by atoms with Crippen LogP contribution in [0.3, 0.4) is 0 Å². The van der Waals surface area contributed by atoms with E-state index in [1.165, 1.54) is 16.7 Å². The van der Waals surface area contributed by atoms with Gasteiger partial charge in [0.2, 0.25) is 0 Å². The zero-order valence-corrected chi connectivity index (χ0v) is 13.1. The Hall–Kier alpha value is -0.830. The molecule has 1 nitrogen and oxygen atoms in total. The highest BCUT2D eigenvalue weighted by molar-refractivity contribution is 9.09. The molecule has 0 aliphatic carbocycles. The van der Waals surface area contributed by atoms with Gasteiger partial charge in [-0.1, -0.05) is 63.9 Å². The molecule has 0 N–H and O–H groups in total.